The predicted molar refractivity (Wildman–Crippen MR) is 128 cm³/mol. The molecular formula is C23H26BrClN4O. The van der Waals surface area contributed by atoms with Crippen molar-refractivity contribution >= 4 is 44.1 Å². The second-order valence-corrected chi connectivity index (χ2v) is 9.04. The van der Waals surface area contributed by atoms with Gasteiger partial charge in [-0.3, -0.25) is 9.88 Å². The Balaban J connectivity index is 1.63. The number of likely N-dealkylation sites (N-methyl/N-ethyl adjacent to an activating group) is 1. The molecule has 1 aliphatic rings. The lowest BCUT2D eigenvalue weighted by atomic mass is 10.1. The molecule has 0 radical (unpaired) electrons. The minimum Gasteiger partial charge on any atom is -0.495 e. The summed E-state index contributed by atoms with van der Waals surface area (Å²) < 4.78 is 6.32. The largest absolute Gasteiger partial charge is 0.495 e. The van der Waals surface area contributed by atoms with Gasteiger partial charge in [-0.05, 0) is 42.9 Å². The van der Waals surface area contributed by atoms with Gasteiger partial charge < -0.3 is 15.0 Å². The van der Waals surface area contributed by atoms with Crippen molar-refractivity contribution in [2.24, 2.45) is 0 Å². The second-order valence-electron chi connectivity index (χ2n) is 7.72. The summed E-state index contributed by atoms with van der Waals surface area (Å²) in [6.07, 6.45) is 2.01. The molecule has 158 valence electrons. The number of nitrogens with zero attached hydrogens (tertiary/aromatic N) is 3. The summed E-state index contributed by atoms with van der Waals surface area (Å²) in [6, 6.07) is 12.1. The number of benzene rings is 2. The Hall–Kier alpha value is -1.86. The third-order valence-electron chi connectivity index (χ3n) is 5.58. The van der Waals surface area contributed by atoms with E-state index in [9.17, 15) is 0 Å². The Kier molecular flexibility index (Phi) is 6.78. The third kappa shape index (κ3) is 4.89. The van der Waals surface area contributed by atoms with Crippen LogP contribution in [0.25, 0.3) is 10.9 Å². The first kappa shape index (κ1) is 21.4. The standard InChI is InChI=1S/C23H26BrClN4O/c1-28-7-9-29(10-8-28)15-17-14-26-21-5-4-18(24)12-19(21)23(17)27-13-16-3-6-22(30-2)20(25)11-16/h3-6,11-12,14H,7-10,13,15H2,1-2H3,(H,26,27). The molecule has 0 spiro atoms. The first-order valence-electron chi connectivity index (χ1n) is 10.1. The van der Waals surface area contributed by atoms with Crippen LogP contribution in [0, 0.1) is 0 Å². The van der Waals surface area contributed by atoms with Gasteiger partial charge in [0, 0.05) is 66.6 Å². The molecular weight excluding hydrogens is 464 g/mol. The van der Waals surface area contributed by atoms with Crippen molar-refractivity contribution in [2.75, 3.05) is 45.7 Å². The fraction of sp³-hybridized carbons (Fsp3) is 0.348. The van der Waals surface area contributed by atoms with Gasteiger partial charge in [0.05, 0.1) is 17.6 Å². The predicted octanol–water partition coefficient (Wildman–Crippen LogP) is 5.02. The summed E-state index contributed by atoms with van der Waals surface area (Å²) in [7, 11) is 3.81. The molecule has 0 bridgehead atoms. The number of hydrogen-bond acceptors (Lipinski definition) is 5. The van der Waals surface area contributed by atoms with Crippen LogP contribution < -0.4 is 10.1 Å². The van der Waals surface area contributed by atoms with Crippen molar-refractivity contribution in [3.63, 3.8) is 0 Å². The number of ether oxygens (including phenoxy) is 1. The molecule has 1 N–H and O–H groups in total. The second kappa shape index (κ2) is 9.52. The maximum Gasteiger partial charge on any atom is 0.137 e. The molecule has 3 aromatic rings. The third-order valence-corrected chi connectivity index (χ3v) is 6.37. The van der Waals surface area contributed by atoms with Crippen molar-refractivity contribution in [3.8, 4) is 5.75 Å². The molecule has 7 heteroatoms. The Morgan fingerprint density at radius 1 is 1.13 bits per heavy atom. The van der Waals surface area contributed by atoms with Gasteiger partial charge in [-0.25, -0.2) is 0 Å². The highest BCUT2D eigenvalue weighted by molar-refractivity contribution is 9.10. The van der Waals surface area contributed by atoms with Gasteiger partial charge in [0.15, 0.2) is 0 Å². The van der Waals surface area contributed by atoms with Crippen molar-refractivity contribution in [1.29, 1.82) is 0 Å². The van der Waals surface area contributed by atoms with Gasteiger partial charge in [0.2, 0.25) is 0 Å². The van der Waals surface area contributed by atoms with Crippen LogP contribution in [0.3, 0.4) is 0 Å². The van der Waals surface area contributed by atoms with E-state index in [0.717, 1.165) is 59.4 Å². The molecule has 1 fully saturated rings. The monoisotopic (exact) mass is 488 g/mol. The van der Waals surface area contributed by atoms with Crippen molar-refractivity contribution in [2.45, 2.75) is 13.1 Å². The van der Waals surface area contributed by atoms with Crippen LogP contribution in [-0.4, -0.2) is 55.1 Å². The van der Waals surface area contributed by atoms with E-state index in [0.29, 0.717) is 17.3 Å². The topological polar surface area (TPSA) is 40.6 Å². The number of aromatic nitrogens is 1. The number of halogens is 2. The van der Waals surface area contributed by atoms with Crippen molar-refractivity contribution < 1.29 is 4.74 Å². The van der Waals surface area contributed by atoms with Crippen LogP contribution in [0.15, 0.2) is 47.1 Å². The summed E-state index contributed by atoms with van der Waals surface area (Å²) in [4.78, 5) is 9.59. The van der Waals surface area contributed by atoms with Gasteiger partial charge >= 0.3 is 0 Å². The normalized spacial score (nSPS) is 15.5. The maximum atomic E-state index is 6.32. The Morgan fingerprint density at radius 3 is 2.67 bits per heavy atom. The Bertz CT molecular complexity index is 1040. The smallest absolute Gasteiger partial charge is 0.137 e. The zero-order valence-electron chi connectivity index (χ0n) is 17.3. The Labute approximate surface area is 191 Å². The molecule has 0 atom stereocenters. The highest BCUT2D eigenvalue weighted by Crippen LogP contribution is 2.31. The fourth-order valence-corrected chi connectivity index (χ4v) is 4.43. The molecule has 0 saturated carbocycles. The molecule has 0 amide bonds. The van der Waals surface area contributed by atoms with E-state index in [1.807, 2.05) is 30.5 Å². The van der Waals surface area contributed by atoms with E-state index in [1.165, 1.54) is 5.56 Å². The summed E-state index contributed by atoms with van der Waals surface area (Å²) in [6.45, 7) is 5.89. The number of hydrogen-bond donors (Lipinski definition) is 1. The van der Waals surface area contributed by atoms with Gasteiger partial charge in [0.25, 0.3) is 0 Å². The average molecular weight is 490 g/mol. The molecule has 1 aromatic heterocycles. The highest BCUT2D eigenvalue weighted by atomic mass is 79.9. The summed E-state index contributed by atoms with van der Waals surface area (Å²) in [5.74, 6) is 0.689. The molecule has 4 rings (SSSR count). The van der Waals surface area contributed by atoms with E-state index in [-0.39, 0.29) is 0 Å². The highest BCUT2D eigenvalue weighted by Gasteiger charge is 2.17. The fourth-order valence-electron chi connectivity index (χ4n) is 3.79. The first-order chi connectivity index (χ1) is 14.5. The maximum absolute atomic E-state index is 6.32. The number of nitrogens with one attached hydrogen (secondary N) is 1. The Morgan fingerprint density at radius 2 is 1.93 bits per heavy atom. The minimum atomic E-state index is 0.622. The molecule has 1 saturated heterocycles. The number of fused-ring (bicyclic) bond motifs is 1. The zero-order valence-corrected chi connectivity index (χ0v) is 19.6. The molecule has 0 unspecified atom stereocenters. The van der Waals surface area contributed by atoms with Crippen LogP contribution in [0.4, 0.5) is 5.69 Å². The van der Waals surface area contributed by atoms with Crippen LogP contribution in [0.2, 0.25) is 5.02 Å². The molecule has 30 heavy (non-hydrogen) atoms. The van der Waals surface area contributed by atoms with E-state index in [4.69, 9.17) is 21.3 Å². The van der Waals surface area contributed by atoms with Crippen molar-refractivity contribution in [3.05, 3.63) is 63.2 Å². The van der Waals surface area contributed by atoms with Gasteiger partial charge in [-0.15, -0.1) is 0 Å². The molecule has 0 aliphatic carbocycles. The number of methoxy groups -OCH3 is 1. The molecule has 2 heterocycles. The molecule has 1 aliphatic heterocycles. The summed E-state index contributed by atoms with van der Waals surface area (Å²) >= 11 is 9.93. The number of rotatable bonds is 6. The zero-order chi connectivity index (χ0) is 21.1. The van der Waals surface area contributed by atoms with Crippen LogP contribution in [-0.2, 0) is 13.1 Å². The van der Waals surface area contributed by atoms with Crippen LogP contribution >= 0.6 is 27.5 Å². The SMILES string of the molecule is COc1ccc(CNc2c(CN3CCN(C)CC3)cnc3ccc(Br)cc23)cc1Cl. The quantitative estimate of drug-likeness (QED) is 0.526. The van der Waals surface area contributed by atoms with Crippen LogP contribution in [0.5, 0.6) is 5.75 Å². The van der Waals surface area contributed by atoms with Crippen molar-refractivity contribution in [1.82, 2.24) is 14.8 Å². The molecule has 2 aromatic carbocycles. The lowest BCUT2D eigenvalue weighted by Gasteiger charge is -2.32. The van der Waals surface area contributed by atoms with E-state index < -0.39 is 0 Å². The lowest BCUT2D eigenvalue weighted by Crippen LogP contribution is -2.44. The summed E-state index contributed by atoms with van der Waals surface area (Å²) in [5, 5.41) is 5.41. The van der Waals surface area contributed by atoms with E-state index in [1.54, 1.807) is 7.11 Å². The molecule has 5 nitrogen and oxygen atoms in total. The first-order valence-corrected chi connectivity index (χ1v) is 11.2. The minimum absolute atomic E-state index is 0.622. The van der Waals surface area contributed by atoms with E-state index >= 15 is 0 Å². The van der Waals surface area contributed by atoms with E-state index in [2.05, 4.69) is 50.2 Å². The number of pyridine rings is 1. The number of anilines is 1. The van der Waals surface area contributed by atoms with Crippen LogP contribution in [0.1, 0.15) is 11.1 Å². The number of piperazine rings is 1. The lowest BCUT2D eigenvalue weighted by molar-refractivity contribution is 0.148. The summed E-state index contributed by atoms with van der Waals surface area (Å²) in [5.41, 5.74) is 4.43. The van der Waals surface area contributed by atoms with Gasteiger partial charge in [-0.2, -0.15) is 0 Å². The van der Waals surface area contributed by atoms with Gasteiger partial charge in [0.1, 0.15) is 5.75 Å². The van der Waals surface area contributed by atoms with Gasteiger partial charge in [-0.1, -0.05) is 33.6 Å². The average Bonchev–Trinajstić information content (AvgIpc) is 2.74.